The van der Waals surface area contributed by atoms with Gasteiger partial charge in [-0.3, -0.25) is 4.79 Å². The summed E-state index contributed by atoms with van der Waals surface area (Å²) in [7, 11) is 0. The Morgan fingerprint density at radius 1 is 1.40 bits per heavy atom. The van der Waals surface area contributed by atoms with Crippen LogP contribution in [0.3, 0.4) is 0 Å². The van der Waals surface area contributed by atoms with E-state index < -0.39 is 0 Å². The van der Waals surface area contributed by atoms with Crippen LogP contribution in [0.5, 0.6) is 0 Å². The largest absolute Gasteiger partial charge is 0.348 e. The predicted octanol–water partition coefficient (Wildman–Crippen LogP) is 3.12. The van der Waals surface area contributed by atoms with Gasteiger partial charge in [0.2, 0.25) is 5.91 Å². The summed E-state index contributed by atoms with van der Waals surface area (Å²) >= 11 is 3.01. The molecule has 20 heavy (non-hydrogen) atoms. The number of nitrogens with zero attached hydrogens (tertiary/aromatic N) is 2. The maximum Gasteiger partial charge on any atom is 0.230 e. The molecule has 0 saturated heterocycles. The van der Waals surface area contributed by atoms with Crippen LogP contribution in [0, 0.1) is 13.8 Å². The highest BCUT2D eigenvalue weighted by Crippen LogP contribution is 2.19. The van der Waals surface area contributed by atoms with Gasteiger partial charge < -0.3 is 5.32 Å². The van der Waals surface area contributed by atoms with Gasteiger partial charge in [-0.05, 0) is 38.3 Å². The summed E-state index contributed by atoms with van der Waals surface area (Å²) in [5, 5.41) is 5.64. The normalized spacial score (nSPS) is 12.2. The minimum atomic E-state index is -0.00124. The van der Waals surface area contributed by atoms with E-state index in [1.807, 2.05) is 44.4 Å². The first kappa shape index (κ1) is 15.0. The van der Waals surface area contributed by atoms with Crippen molar-refractivity contribution in [3.8, 4) is 0 Å². The van der Waals surface area contributed by atoms with Gasteiger partial charge in [0.15, 0.2) is 5.16 Å². The lowest BCUT2D eigenvalue weighted by atomic mass is 10.3. The van der Waals surface area contributed by atoms with E-state index in [0.29, 0.717) is 10.9 Å². The SMILES string of the molecule is Cc1cc(C)nc(SCC(=O)NC(C)c2cccs2)n1. The number of hydrogen-bond acceptors (Lipinski definition) is 5. The van der Waals surface area contributed by atoms with Crippen molar-refractivity contribution in [2.75, 3.05) is 5.75 Å². The monoisotopic (exact) mass is 307 g/mol. The van der Waals surface area contributed by atoms with E-state index in [4.69, 9.17) is 0 Å². The third-order valence-corrected chi connectivity index (χ3v) is 4.54. The number of aryl methyl sites for hydroxylation is 2. The summed E-state index contributed by atoms with van der Waals surface area (Å²) in [6.07, 6.45) is 0. The number of rotatable bonds is 5. The molecule has 6 heteroatoms. The van der Waals surface area contributed by atoms with Gasteiger partial charge in [0, 0.05) is 16.3 Å². The molecule has 1 atom stereocenters. The van der Waals surface area contributed by atoms with E-state index in [0.717, 1.165) is 16.3 Å². The van der Waals surface area contributed by atoms with Crippen molar-refractivity contribution in [1.29, 1.82) is 0 Å². The molecule has 1 unspecified atom stereocenters. The van der Waals surface area contributed by atoms with E-state index in [2.05, 4.69) is 15.3 Å². The van der Waals surface area contributed by atoms with Crippen LogP contribution in [0.4, 0.5) is 0 Å². The first-order chi connectivity index (χ1) is 9.54. The predicted molar refractivity (Wildman–Crippen MR) is 83.1 cm³/mol. The Bertz CT molecular complexity index is 564. The molecule has 2 rings (SSSR count). The number of carbonyl (C=O) groups is 1. The number of carbonyl (C=O) groups excluding carboxylic acids is 1. The van der Waals surface area contributed by atoms with E-state index in [-0.39, 0.29) is 11.9 Å². The fourth-order valence-corrected chi connectivity index (χ4v) is 3.28. The second-order valence-electron chi connectivity index (χ2n) is 4.53. The average Bonchev–Trinajstić information content (AvgIpc) is 2.89. The standard InChI is InChI=1S/C14H17N3OS2/c1-9-7-10(2)16-14(15-9)20-8-13(18)17-11(3)12-5-4-6-19-12/h4-7,11H,8H2,1-3H3,(H,17,18). The van der Waals surface area contributed by atoms with Crippen molar-refractivity contribution in [2.45, 2.75) is 32.0 Å². The van der Waals surface area contributed by atoms with Crippen LogP contribution in [0.1, 0.15) is 29.2 Å². The Morgan fingerprint density at radius 2 is 2.10 bits per heavy atom. The van der Waals surface area contributed by atoms with Gasteiger partial charge >= 0.3 is 0 Å². The quantitative estimate of drug-likeness (QED) is 0.681. The summed E-state index contributed by atoms with van der Waals surface area (Å²) in [4.78, 5) is 21.7. The molecule has 0 spiro atoms. The molecule has 2 aromatic rings. The van der Waals surface area contributed by atoms with Crippen LogP contribution in [0.25, 0.3) is 0 Å². The van der Waals surface area contributed by atoms with Gasteiger partial charge in [-0.2, -0.15) is 0 Å². The van der Waals surface area contributed by atoms with Gasteiger partial charge in [0.05, 0.1) is 11.8 Å². The number of nitrogens with one attached hydrogen (secondary N) is 1. The highest BCUT2D eigenvalue weighted by Gasteiger charge is 2.11. The fraction of sp³-hybridized carbons (Fsp3) is 0.357. The van der Waals surface area contributed by atoms with Crippen molar-refractivity contribution >= 4 is 29.0 Å². The molecule has 0 bridgehead atoms. The van der Waals surface area contributed by atoms with Crippen LogP contribution in [0.2, 0.25) is 0 Å². The smallest absolute Gasteiger partial charge is 0.230 e. The molecule has 106 valence electrons. The van der Waals surface area contributed by atoms with Crippen LogP contribution in [0.15, 0.2) is 28.7 Å². The number of thioether (sulfide) groups is 1. The van der Waals surface area contributed by atoms with Gasteiger partial charge in [-0.15, -0.1) is 11.3 Å². The average molecular weight is 307 g/mol. The van der Waals surface area contributed by atoms with Crippen molar-refractivity contribution in [3.63, 3.8) is 0 Å². The Balaban J connectivity index is 1.86. The summed E-state index contributed by atoms with van der Waals surface area (Å²) in [6.45, 7) is 5.84. The summed E-state index contributed by atoms with van der Waals surface area (Å²) < 4.78 is 0. The molecule has 0 aliphatic rings. The van der Waals surface area contributed by atoms with Gasteiger partial charge in [-0.1, -0.05) is 17.8 Å². The zero-order valence-corrected chi connectivity index (χ0v) is 13.3. The van der Waals surface area contributed by atoms with Crippen molar-refractivity contribution in [1.82, 2.24) is 15.3 Å². The lowest BCUT2D eigenvalue weighted by molar-refractivity contribution is -0.119. The maximum absolute atomic E-state index is 11.9. The van der Waals surface area contributed by atoms with Crippen LogP contribution in [-0.4, -0.2) is 21.6 Å². The zero-order chi connectivity index (χ0) is 14.5. The topological polar surface area (TPSA) is 54.9 Å². The maximum atomic E-state index is 11.9. The highest BCUT2D eigenvalue weighted by atomic mass is 32.2. The Morgan fingerprint density at radius 3 is 2.70 bits per heavy atom. The van der Waals surface area contributed by atoms with E-state index in [9.17, 15) is 4.79 Å². The van der Waals surface area contributed by atoms with Crippen LogP contribution in [-0.2, 0) is 4.79 Å². The molecule has 0 aliphatic carbocycles. The van der Waals surface area contributed by atoms with Crippen LogP contribution >= 0.6 is 23.1 Å². The molecular formula is C14H17N3OS2. The molecule has 1 N–H and O–H groups in total. The van der Waals surface area contributed by atoms with E-state index in [1.165, 1.54) is 11.8 Å². The first-order valence-electron chi connectivity index (χ1n) is 6.32. The number of hydrogen-bond donors (Lipinski definition) is 1. The lowest BCUT2D eigenvalue weighted by Gasteiger charge is -2.11. The molecule has 4 nitrogen and oxygen atoms in total. The second-order valence-corrected chi connectivity index (χ2v) is 6.45. The molecule has 0 aliphatic heterocycles. The molecule has 2 heterocycles. The van der Waals surface area contributed by atoms with E-state index >= 15 is 0 Å². The molecule has 0 aromatic carbocycles. The molecule has 0 saturated carbocycles. The summed E-state index contributed by atoms with van der Waals surface area (Å²) in [5.41, 5.74) is 1.85. The molecule has 0 radical (unpaired) electrons. The second kappa shape index (κ2) is 6.85. The molecular weight excluding hydrogens is 290 g/mol. The number of amides is 1. The highest BCUT2D eigenvalue weighted by molar-refractivity contribution is 7.99. The Hall–Kier alpha value is -1.40. The fourth-order valence-electron chi connectivity index (χ4n) is 1.78. The number of thiophene rings is 1. The van der Waals surface area contributed by atoms with Gasteiger partial charge in [-0.25, -0.2) is 9.97 Å². The van der Waals surface area contributed by atoms with E-state index in [1.54, 1.807) is 11.3 Å². The zero-order valence-electron chi connectivity index (χ0n) is 11.7. The summed E-state index contributed by atoms with van der Waals surface area (Å²) in [5.74, 6) is 0.331. The van der Waals surface area contributed by atoms with Gasteiger partial charge in [0.25, 0.3) is 0 Å². The Labute approximate surface area is 127 Å². The Kier molecular flexibility index (Phi) is 5.14. The van der Waals surface area contributed by atoms with Crippen LogP contribution < -0.4 is 5.32 Å². The van der Waals surface area contributed by atoms with Crippen molar-refractivity contribution in [2.24, 2.45) is 0 Å². The van der Waals surface area contributed by atoms with Crippen molar-refractivity contribution in [3.05, 3.63) is 39.8 Å². The molecule has 0 fully saturated rings. The third kappa shape index (κ3) is 4.31. The summed E-state index contributed by atoms with van der Waals surface area (Å²) in [6, 6.07) is 5.97. The lowest BCUT2D eigenvalue weighted by Crippen LogP contribution is -2.27. The molecule has 2 aromatic heterocycles. The van der Waals surface area contributed by atoms with Crippen molar-refractivity contribution < 1.29 is 4.79 Å². The minimum absolute atomic E-state index is 0.00124. The minimum Gasteiger partial charge on any atom is -0.348 e. The van der Waals surface area contributed by atoms with Gasteiger partial charge in [0.1, 0.15) is 0 Å². The number of aromatic nitrogens is 2. The first-order valence-corrected chi connectivity index (χ1v) is 8.19. The third-order valence-electron chi connectivity index (χ3n) is 2.64. The molecule has 1 amide bonds.